The molecule has 0 spiro atoms. The Morgan fingerprint density at radius 3 is 2.84 bits per heavy atom. The minimum Gasteiger partial charge on any atom is -0.360 e. The number of carbonyl (C=O) groups excluding carboxylic acids is 1. The van der Waals surface area contributed by atoms with Crippen molar-refractivity contribution in [1.29, 1.82) is 0 Å². The monoisotopic (exact) mass is 256 g/mol. The van der Waals surface area contributed by atoms with Crippen LogP contribution >= 0.6 is 0 Å². The average molecular weight is 256 g/mol. The van der Waals surface area contributed by atoms with Gasteiger partial charge in [-0.15, -0.1) is 0 Å². The van der Waals surface area contributed by atoms with Gasteiger partial charge >= 0.3 is 0 Å². The lowest BCUT2D eigenvalue weighted by atomic mass is 10.1. The molecule has 1 aromatic heterocycles. The van der Waals surface area contributed by atoms with Gasteiger partial charge in [-0.05, 0) is 44.0 Å². The topological polar surface area (TPSA) is 68.0 Å². The molecule has 0 aliphatic rings. The number of anilines is 1. The Bertz CT molecular complexity index is 542. The summed E-state index contributed by atoms with van der Waals surface area (Å²) in [7, 11) is 0. The van der Waals surface area contributed by atoms with Gasteiger partial charge in [-0.1, -0.05) is 18.2 Å². The molecule has 0 bridgehead atoms. The number of rotatable bonds is 7. The SMILES string of the molecule is NCCCC[C@H]([C]=O)Nc1ccc2ccccc2n1. The lowest BCUT2D eigenvalue weighted by molar-refractivity contribution is 0.535. The molecule has 2 rings (SSSR count). The van der Waals surface area contributed by atoms with Crippen molar-refractivity contribution >= 4 is 23.0 Å². The molecule has 2 aromatic rings. The van der Waals surface area contributed by atoms with E-state index in [4.69, 9.17) is 5.73 Å². The first-order chi connectivity index (χ1) is 9.33. The number of para-hydroxylation sites is 1. The van der Waals surface area contributed by atoms with Crippen LogP contribution in [0.5, 0.6) is 0 Å². The van der Waals surface area contributed by atoms with Crippen LogP contribution in [0.4, 0.5) is 5.82 Å². The molecule has 19 heavy (non-hydrogen) atoms. The second kappa shape index (κ2) is 6.85. The number of hydrogen-bond donors (Lipinski definition) is 2. The summed E-state index contributed by atoms with van der Waals surface area (Å²) in [5.41, 5.74) is 6.36. The average Bonchev–Trinajstić information content (AvgIpc) is 2.46. The zero-order chi connectivity index (χ0) is 13.5. The molecule has 1 radical (unpaired) electrons. The Kier molecular flexibility index (Phi) is 4.86. The van der Waals surface area contributed by atoms with Crippen molar-refractivity contribution in [1.82, 2.24) is 4.98 Å². The normalized spacial score (nSPS) is 12.3. The van der Waals surface area contributed by atoms with Crippen LogP contribution < -0.4 is 11.1 Å². The van der Waals surface area contributed by atoms with Gasteiger partial charge in [0.25, 0.3) is 0 Å². The lowest BCUT2D eigenvalue weighted by Gasteiger charge is -2.12. The third-order valence-electron chi connectivity index (χ3n) is 3.01. The van der Waals surface area contributed by atoms with Crippen molar-refractivity contribution in [3.8, 4) is 0 Å². The van der Waals surface area contributed by atoms with Gasteiger partial charge < -0.3 is 11.1 Å². The van der Waals surface area contributed by atoms with Gasteiger partial charge in [0.15, 0.2) is 0 Å². The number of pyridine rings is 1. The van der Waals surface area contributed by atoms with Crippen molar-refractivity contribution < 1.29 is 4.79 Å². The first-order valence-electron chi connectivity index (χ1n) is 6.53. The summed E-state index contributed by atoms with van der Waals surface area (Å²) < 4.78 is 0. The van der Waals surface area contributed by atoms with Gasteiger partial charge in [0.05, 0.1) is 11.6 Å². The van der Waals surface area contributed by atoms with E-state index in [1.54, 1.807) is 0 Å². The zero-order valence-corrected chi connectivity index (χ0v) is 10.8. The molecule has 0 fully saturated rings. The van der Waals surface area contributed by atoms with E-state index in [0.717, 1.165) is 30.2 Å². The highest BCUT2D eigenvalue weighted by Crippen LogP contribution is 2.15. The smallest absolute Gasteiger partial charge is 0.222 e. The molecule has 4 heteroatoms. The second-order valence-corrected chi connectivity index (χ2v) is 4.49. The molecule has 1 heterocycles. The molecule has 1 aromatic carbocycles. The first kappa shape index (κ1) is 13.5. The Morgan fingerprint density at radius 2 is 2.05 bits per heavy atom. The molecule has 3 N–H and O–H groups in total. The summed E-state index contributed by atoms with van der Waals surface area (Å²) in [6, 6.07) is 11.4. The van der Waals surface area contributed by atoms with Crippen LogP contribution in [0, 0.1) is 0 Å². The second-order valence-electron chi connectivity index (χ2n) is 4.49. The number of fused-ring (bicyclic) bond motifs is 1. The van der Waals surface area contributed by atoms with E-state index in [-0.39, 0.29) is 6.04 Å². The number of nitrogens with two attached hydrogens (primary N) is 1. The number of benzene rings is 1. The Morgan fingerprint density at radius 1 is 1.21 bits per heavy atom. The third kappa shape index (κ3) is 3.76. The van der Waals surface area contributed by atoms with Crippen molar-refractivity contribution in [2.75, 3.05) is 11.9 Å². The van der Waals surface area contributed by atoms with E-state index in [9.17, 15) is 4.79 Å². The van der Waals surface area contributed by atoms with Gasteiger partial charge in [-0.2, -0.15) is 0 Å². The fourth-order valence-electron chi connectivity index (χ4n) is 1.98. The standard InChI is InChI=1S/C15H18N3O/c16-10-4-3-6-13(11-19)17-15-9-8-12-5-1-2-7-14(12)18-15/h1-2,5,7-9,13H,3-4,6,10,16H2,(H,17,18)/t13-/m1/s1. The van der Waals surface area contributed by atoms with Crippen LogP contribution in [0.25, 0.3) is 10.9 Å². The van der Waals surface area contributed by atoms with Crippen molar-refractivity contribution in [3.63, 3.8) is 0 Å². The van der Waals surface area contributed by atoms with E-state index in [2.05, 4.69) is 10.3 Å². The highest BCUT2D eigenvalue weighted by molar-refractivity contribution is 5.80. The summed E-state index contributed by atoms with van der Waals surface area (Å²) in [5, 5.41) is 4.19. The molecule has 0 saturated heterocycles. The molecule has 0 aliphatic heterocycles. The van der Waals surface area contributed by atoms with Gasteiger partial charge in [-0.3, -0.25) is 4.79 Å². The van der Waals surface area contributed by atoms with Crippen molar-refractivity contribution in [2.45, 2.75) is 25.3 Å². The fraction of sp³-hybridized carbons (Fsp3) is 0.333. The number of unbranched alkanes of at least 4 members (excludes halogenated alkanes) is 1. The van der Waals surface area contributed by atoms with Gasteiger partial charge in [-0.25, -0.2) is 4.98 Å². The highest BCUT2D eigenvalue weighted by atomic mass is 16.1. The maximum Gasteiger partial charge on any atom is 0.222 e. The summed E-state index contributed by atoms with van der Waals surface area (Å²) in [6.45, 7) is 0.653. The van der Waals surface area contributed by atoms with Gasteiger partial charge in [0.1, 0.15) is 5.82 Å². The maximum absolute atomic E-state index is 10.9. The quantitative estimate of drug-likeness (QED) is 0.746. The van der Waals surface area contributed by atoms with Crippen molar-refractivity contribution in [2.24, 2.45) is 5.73 Å². The van der Waals surface area contributed by atoms with Crippen LogP contribution in [0.15, 0.2) is 36.4 Å². The summed E-state index contributed by atoms with van der Waals surface area (Å²) >= 11 is 0. The van der Waals surface area contributed by atoms with E-state index in [1.165, 1.54) is 0 Å². The van der Waals surface area contributed by atoms with E-state index < -0.39 is 0 Å². The predicted octanol–water partition coefficient (Wildman–Crippen LogP) is 2.25. The molecule has 0 unspecified atom stereocenters. The first-order valence-corrected chi connectivity index (χ1v) is 6.53. The number of aromatic nitrogens is 1. The molecule has 4 nitrogen and oxygen atoms in total. The summed E-state index contributed by atoms with van der Waals surface area (Å²) in [6.07, 6.45) is 4.58. The molecule has 1 atom stereocenters. The summed E-state index contributed by atoms with van der Waals surface area (Å²) in [5.74, 6) is 0.708. The molecule has 0 saturated carbocycles. The van der Waals surface area contributed by atoms with Crippen LogP contribution in [-0.2, 0) is 4.79 Å². The van der Waals surface area contributed by atoms with E-state index >= 15 is 0 Å². The fourth-order valence-corrected chi connectivity index (χ4v) is 1.98. The zero-order valence-electron chi connectivity index (χ0n) is 10.8. The number of nitrogens with zero attached hydrogens (tertiary/aromatic N) is 1. The van der Waals surface area contributed by atoms with Crippen LogP contribution in [0.3, 0.4) is 0 Å². The lowest BCUT2D eigenvalue weighted by Crippen LogP contribution is -2.21. The van der Waals surface area contributed by atoms with Crippen LogP contribution in [0.2, 0.25) is 0 Å². The van der Waals surface area contributed by atoms with Gasteiger partial charge in [0, 0.05) is 5.39 Å². The Labute approximate surface area is 113 Å². The predicted molar refractivity (Wildman–Crippen MR) is 77.8 cm³/mol. The molecular weight excluding hydrogens is 238 g/mol. The van der Waals surface area contributed by atoms with Crippen LogP contribution in [-0.4, -0.2) is 23.9 Å². The van der Waals surface area contributed by atoms with E-state index in [1.807, 2.05) is 42.7 Å². The largest absolute Gasteiger partial charge is 0.360 e. The Hall–Kier alpha value is -1.94. The molecule has 0 aliphatic carbocycles. The maximum atomic E-state index is 10.9. The third-order valence-corrected chi connectivity index (χ3v) is 3.01. The minimum atomic E-state index is -0.319. The molecule has 0 amide bonds. The minimum absolute atomic E-state index is 0.319. The van der Waals surface area contributed by atoms with Gasteiger partial charge in [0.2, 0.25) is 6.29 Å². The Balaban J connectivity index is 2.04. The highest BCUT2D eigenvalue weighted by Gasteiger charge is 2.08. The number of hydrogen-bond acceptors (Lipinski definition) is 4. The van der Waals surface area contributed by atoms with E-state index in [0.29, 0.717) is 12.4 Å². The summed E-state index contributed by atoms with van der Waals surface area (Å²) in [4.78, 5) is 15.4. The van der Waals surface area contributed by atoms with Crippen LogP contribution in [0.1, 0.15) is 19.3 Å². The molecule has 99 valence electrons. The van der Waals surface area contributed by atoms with Crippen molar-refractivity contribution in [3.05, 3.63) is 36.4 Å². The molecular formula is C15H18N3O. The number of nitrogens with one attached hydrogen (secondary N) is 1.